The summed E-state index contributed by atoms with van der Waals surface area (Å²) in [6, 6.07) is 11.9. The van der Waals surface area contributed by atoms with Gasteiger partial charge in [0.05, 0.1) is 16.9 Å². The normalized spacial score (nSPS) is 12.2. The van der Waals surface area contributed by atoms with Crippen molar-refractivity contribution in [3.8, 4) is 0 Å². The van der Waals surface area contributed by atoms with Crippen molar-refractivity contribution in [2.75, 3.05) is 17.1 Å². The van der Waals surface area contributed by atoms with Crippen LogP contribution in [-0.4, -0.2) is 54.9 Å². The fraction of sp³-hybridized carbons (Fsp3) is 0.417. The van der Waals surface area contributed by atoms with E-state index < -0.39 is 33.4 Å². The molecule has 0 aromatic heterocycles. The van der Waals surface area contributed by atoms with Gasteiger partial charge in [0.1, 0.15) is 12.6 Å². The van der Waals surface area contributed by atoms with Crippen molar-refractivity contribution in [2.45, 2.75) is 52.7 Å². The number of sulfonamides is 1. The predicted molar refractivity (Wildman–Crippen MR) is 134 cm³/mol. The van der Waals surface area contributed by atoms with Crippen molar-refractivity contribution in [1.82, 2.24) is 10.2 Å². The molecule has 0 fully saturated rings. The molecule has 10 nitrogen and oxygen atoms in total. The zero-order valence-corrected chi connectivity index (χ0v) is 21.4. The fourth-order valence-corrected chi connectivity index (χ4v) is 4.55. The molecule has 0 aliphatic rings. The first-order chi connectivity index (χ1) is 16.3. The molecule has 1 atom stereocenters. The Labute approximate surface area is 206 Å². The number of nitrogens with zero attached hydrogens (tertiary/aromatic N) is 3. The lowest BCUT2D eigenvalue weighted by atomic mass is 10.1. The molecule has 190 valence electrons. The van der Waals surface area contributed by atoms with E-state index in [1.807, 2.05) is 44.2 Å². The zero-order chi connectivity index (χ0) is 26.3. The third-order valence-corrected chi connectivity index (χ3v) is 6.49. The number of benzene rings is 2. The largest absolute Gasteiger partial charge is 0.352 e. The van der Waals surface area contributed by atoms with Crippen molar-refractivity contribution in [3.05, 3.63) is 69.8 Å². The number of nitrogens with one attached hydrogen (secondary N) is 1. The average Bonchev–Trinajstić information content (AvgIpc) is 2.77. The van der Waals surface area contributed by atoms with Gasteiger partial charge in [0.15, 0.2) is 0 Å². The molecular formula is C24H32N4O6S. The lowest BCUT2D eigenvalue weighted by Crippen LogP contribution is -2.53. The van der Waals surface area contributed by atoms with Gasteiger partial charge in [-0.05, 0) is 38.3 Å². The average molecular weight is 505 g/mol. The molecule has 0 spiro atoms. The van der Waals surface area contributed by atoms with E-state index in [1.54, 1.807) is 13.8 Å². The van der Waals surface area contributed by atoms with E-state index in [0.717, 1.165) is 22.2 Å². The second kappa shape index (κ2) is 11.8. The summed E-state index contributed by atoms with van der Waals surface area (Å²) >= 11 is 0. The highest BCUT2D eigenvalue weighted by atomic mass is 32.2. The molecule has 0 aliphatic heterocycles. The number of nitro benzene ring substituents is 1. The van der Waals surface area contributed by atoms with Crippen molar-refractivity contribution < 1.29 is 22.9 Å². The van der Waals surface area contributed by atoms with E-state index in [9.17, 15) is 28.1 Å². The second-order valence-corrected chi connectivity index (χ2v) is 10.5. The van der Waals surface area contributed by atoms with Gasteiger partial charge in [0.2, 0.25) is 21.8 Å². The molecule has 2 aromatic rings. The van der Waals surface area contributed by atoms with Crippen LogP contribution in [0.4, 0.5) is 11.4 Å². The van der Waals surface area contributed by atoms with E-state index >= 15 is 0 Å². The summed E-state index contributed by atoms with van der Waals surface area (Å²) in [5.74, 6) is -0.944. The molecule has 0 saturated carbocycles. The number of non-ortho nitro benzene ring substituents is 1. The predicted octanol–water partition coefficient (Wildman–Crippen LogP) is 3.00. The Morgan fingerprint density at radius 3 is 2.26 bits per heavy atom. The second-order valence-electron chi connectivity index (χ2n) is 8.59. The molecule has 35 heavy (non-hydrogen) atoms. The van der Waals surface area contributed by atoms with Crippen LogP contribution in [-0.2, 0) is 26.2 Å². The zero-order valence-electron chi connectivity index (χ0n) is 20.6. The summed E-state index contributed by atoms with van der Waals surface area (Å²) in [4.78, 5) is 38.5. The number of carbonyl (C=O) groups excluding carboxylic acids is 2. The van der Waals surface area contributed by atoms with Gasteiger partial charge in [0, 0.05) is 24.7 Å². The Morgan fingerprint density at radius 2 is 1.74 bits per heavy atom. The quantitative estimate of drug-likeness (QED) is 0.370. The molecule has 1 unspecified atom stereocenters. The Balaban J connectivity index is 2.51. The molecule has 1 N–H and O–H groups in total. The molecule has 0 radical (unpaired) electrons. The molecule has 0 heterocycles. The van der Waals surface area contributed by atoms with Crippen LogP contribution < -0.4 is 9.62 Å². The van der Waals surface area contributed by atoms with Gasteiger partial charge in [0.25, 0.3) is 5.69 Å². The minimum atomic E-state index is -3.99. The van der Waals surface area contributed by atoms with E-state index in [2.05, 4.69) is 5.32 Å². The van der Waals surface area contributed by atoms with Crippen LogP contribution in [0.15, 0.2) is 48.5 Å². The third kappa shape index (κ3) is 7.51. The minimum absolute atomic E-state index is 0.0365. The van der Waals surface area contributed by atoms with Crippen LogP contribution in [0, 0.1) is 17.0 Å². The topological polar surface area (TPSA) is 130 Å². The molecule has 2 rings (SSSR count). The van der Waals surface area contributed by atoms with Gasteiger partial charge in [-0.15, -0.1) is 0 Å². The van der Waals surface area contributed by atoms with Crippen molar-refractivity contribution >= 4 is 33.2 Å². The van der Waals surface area contributed by atoms with Gasteiger partial charge in [-0.25, -0.2) is 8.42 Å². The lowest BCUT2D eigenvalue weighted by molar-refractivity contribution is -0.384. The fourth-order valence-electron chi connectivity index (χ4n) is 3.66. The Bertz CT molecular complexity index is 1170. The summed E-state index contributed by atoms with van der Waals surface area (Å²) in [5.41, 5.74) is 0.965. The maximum atomic E-state index is 13.6. The van der Waals surface area contributed by atoms with E-state index in [0.29, 0.717) is 12.0 Å². The lowest BCUT2D eigenvalue weighted by Gasteiger charge is -2.33. The smallest absolute Gasteiger partial charge is 0.271 e. The number of hydrogen-bond donors (Lipinski definition) is 1. The Hall–Kier alpha value is -3.47. The van der Waals surface area contributed by atoms with Crippen LogP contribution in [0.3, 0.4) is 0 Å². The number of anilines is 1. The molecule has 2 aromatic carbocycles. The van der Waals surface area contributed by atoms with E-state index in [-0.39, 0.29) is 29.9 Å². The van der Waals surface area contributed by atoms with Gasteiger partial charge in [-0.1, -0.05) is 43.3 Å². The Kier molecular flexibility index (Phi) is 9.35. The summed E-state index contributed by atoms with van der Waals surface area (Å²) in [6.45, 7) is 6.48. The van der Waals surface area contributed by atoms with Gasteiger partial charge >= 0.3 is 0 Å². The first kappa shape index (κ1) is 27.8. The molecule has 0 saturated heterocycles. The van der Waals surface area contributed by atoms with Crippen molar-refractivity contribution in [3.63, 3.8) is 0 Å². The van der Waals surface area contributed by atoms with Crippen LogP contribution in [0.25, 0.3) is 0 Å². The molecule has 0 bridgehead atoms. The van der Waals surface area contributed by atoms with Crippen molar-refractivity contribution in [2.24, 2.45) is 0 Å². The highest BCUT2D eigenvalue weighted by Crippen LogP contribution is 2.28. The summed E-state index contributed by atoms with van der Waals surface area (Å²) in [6.07, 6.45) is 1.24. The summed E-state index contributed by atoms with van der Waals surface area (Å²) in [7, 11) is -3.99. The molecule has 0 aliphatic carbocycles. The minimum Gasteiger partial charge on any atom is -0.352 e. The standard InChI is InChI=1S/C24H32N4O6S/c1-6-21(24(30)25-17(2)3)26(15-19-10-8-7-9-11-19)23(29)16-27(35(5,33)34)22-14-20(28(31)32)13-12-18(22)4/h7-14,17,21H,6,15-16H2,1-5H3,(H,25,30). The summed E-state index contributed by atoms with van der Waals surface area (Å²) in [5, 5.41) is 14.1. The number of amides is 2. The van der Waals surface area contributed by atoms with Gasteiger partial charge in [-0.2, -0.15) is 0 Å². The van der Waals surface area contributed by atoms with Crippen LogP contribution in [0.1, 0.15) is 38.3 Å². The monoisotopic (exact) mass is 504 g/mol. The maximum Gasteiger partial charge on any atom is 0.271 e. The number of aryl methyl sites for hydroxylation is 1. The van der Waals surface area contributed by atoms with Crippen molar-refractivity contribution in [1.29, 1.82) is 0 Å². The number of rotatable bonds is 11. The summed E-state index contributed by atoms with van der Waals surface area (Å²) < 4.78 is 26.3. The third-order valence-electron chi connectivity index (χ3n) is 5.36. The van der Waals surface area contributed by atoms with Gasteiger partial charge in [-0.3, -0.25) is 24.0 Å². The maximum absolute atomic E-state index is 13.6. The first-order valence-electron chi connectivity index (χ1n) is 11.2. The molecule has 11 heteroatoms. The number of carbonyl (C=O) groups is 2. The number of hydrogen-bond acceptors (Lipinski definition) is 6. The number of nitro groups is 1. The van der Waals surface area contributed by atoms with Gasteiger partial charge < -0.3 is 10.2 Å². The van der Waals surface area contributed by atoms with Crippen LogP contribution in [0.2, 0.25) is 0 Å². The molecule has 2 amide bonds. The van der Waals surface area contributed by atoms with Crippen LogP contribution in [0.5, 0.6) is 0 Å². The first-order valence-corrected chi connectivity index (χ1v) is 13.1. The van der Waals surface area contributed by atoms with E-state index in [1.165, 1.54) is 17.0 Å². The Morgan fingerprint density at radius 1 is 1.11 bits per heavy atom. The highest BCUT2D eigenvalue weighted by Gasteiger charge is 2.32. The highest BCUT2D eigenvalue weighted by molar-refractivity contribution is 7.92. The van der Waals surface area contributed by atoms with Crippen LogP contribution >= 0.6 is 0 Å². The molecular weight excluding hydrogens is 472 g/mol. The SMILES string of the molecule is CCC(C(=O)NC(C)C)N(Cc1ccccc1)C(=O)CN(c1cc([N+](=O)[O-])ccc1C)S(C)(=O)=O. The van der Waals surface area contributed by atoms with E-state index in [4.69, 9.17) is 0 Å².